The number of hydrogen-bond acceptors (Lipinski definition) is 7. The molecule has 2 aliphatic rings. The Balaban J connectivity index is 0.000000162. The van der Waals surface area contributed by atoms with Crippen LogP contribution in [0.25, 0.3) is 22.9 Å². The third-order valence-electron chi connectivity index (χ3n) is 8.89. The Morgan fingerprint density at radius 1 is 0.538 bits per heavy atom. The highest BCUT2D eigenvalue weighted by Crippen LogP contribution is 2.49. The number of benzene rings is 4. The minimum absolute atomic E-state index is 0.0168. The van der Waals surface area contributed by atoms with E-state index in [1.54, 1.807) is 12.1 Å². The Bertz CT molecular complexity index is 2010. The van der Waals surface area contributed by atoms with Crippen LogP contribution in [-0.2, 0) is 36.5 Å². The molecular formula is C38H29F7N4O3. The predicted octanol–water partition coefficient (Wildman–Crippen LogP) is 9.63. The van der Waals surface area contributed by atoms with Gasteiger partial charge in [0.2, 0.25) is 17.7 Å². The van der Waals surface area contributed by atoms with Crippen LogP contribution in [0.4, 0.5) is 30.7 Å². The van der Waals surface area contributed by atoms with Gasteiger partial charge in [-0.15, -0.1) is 20.4 Å². The van der Waals surface area contributed by atoms with Crippen molar-refractivity contribution < 1.29 is 44.7 Å². The van der Waals surface area contributed by atoms with Crippen molar-refractivity contribution in [3.8, 4) is 22.9 Å². The number of aliphatic hydroxyl groups is 1. The molecule has 0 bridgehead atoms. The molecule has 0 spiro atoms. The van der Waals surface area contributed by atoms with Gasteiger partial charge in [0.05, 0.1) is 11.1 Å². The van der Waals surface area contributed by atoms with Gasteiger partial charge in [0.25, 0.3) is 5.89 Å². The first-order valence-electron chi connectivity index (χ1n) is 16.3. The zero-order valence-electron chi connectivity index (χ0n) is 27.2. The lowest BCUT2D eigenvalue weighted by Crippen LogP contribution is -2.04. The van der Waals surface area contributed by atoms with Gasteiger partial charge in [-0.1, -0.05) is 60.7 Å². The first kappa shape index (κ1) is 35.1. The van der Waals surface area contributed by atoms with Crippen LogP contribution in [-0.4, -0.2) is 25.5 Å². The van der Waals surface area contributed by atoms with E-state index in [0.29, 0.717) is 61.1 Å². The summed E-state index contributed by atoms with van der Waals surface area (Å²) in [5.41, 5.74) is 0.603. The monoisotopic (exact) mass is 722 g/mol. The minimum atomic E-state index is -4.36. The molecule has 52 heavy (non-hydrogen) atoms. The molecule has 1 N–H and O–H groups in total. The van der Waals surface area contributed by atoms with Crippen molar-refractivity contribution in [1.82, 2.24) is 20.4 Å². The van der Waals surface area contributed by atoms with Gasteiger partial charge in [-0.05, 0) is 97.2 Å². The Hall–Kier alpha value is -5.37. The third kappa shape index (κ3) is 7.76. The van der Waals surface area contributed by atoms with E-state index in [0.717, 1.165) is 41.0 Å². The Kier molecular flexibility index (Phi) is 8.97. The minimum Gasteiger partial charge on any atom is -0.418 e. The molecule has 14 heteroatoms. The summed E-state index contributed by atoms with van der Waals surface area (Å²) in [4.78, 5) is 0. The van der Waals surface area contributed by atoms with Gasteiger partial charge in [-0.3, -0.25) is 0 Å². The van der Waals surface area contributed by atoms with E-state index in [1.165, 1.54) is 24.3 Å². The van der Waals surface area contributed by atoms with Crippen LogP contribution in [0.15, 0.2) is 106 Å². The molecule has 2 aliphatic carbocycles. The summed E-state index contributed by atoms with van der Waals surface area (Å²) in [6.07, 6.45) is -5.93. The van der Waals surface area contributed by atoms with Crippen LogP contribution in [0.1, 0.15) is 70.8 Å². The molecule has 2 aromatic heterocycles. The third-order valence-corrected chi connectivity index (χ3v) is 8.89. The van der Waals surface area contributed by atoms with Crippen molar-refractivity contribution in [3.05, 3.63) is 142 Å². The highest BCUT2D eigenvalue weighted by Gasteiger charge is 2.50. The van der Waals surface area contributed by atoms with Crippen LogP contribution in [0.5, 0.6) is 0 Å². The van der Waals surface area contributed by atoms with Crippen molar-refractivity contribution >= 4 is 0 Å². The Morgan fingerprint density at radius 2 is 0.942 bits per heavy atom. The lowest BCUT2D eigenvalue weighted by Gasteiger charge is -2.09. The molecule has 268 valence electrons. The lowest BCUT2D eigenvalue weighted by atomic mass is 9.99. The van der Waals surface area contributed by atoms with Gasteiger partial charge in [0, 0.05) is 11.1 Å². The SMILES string of the molecule is FC(F)(F)c1ccc(Cc2ccccc2-c2nnc(C3(F)CC3)o2)cc1.OC1(c2nnc(-c3ccccc3Cc3ccc(C(F)(F)F)cc3)o2)CC1. The van der Waals surface area contributed by atoms with Crippen molar-refractivity contribution in [3.63, 3.8) is 0 Å². The second-order valence-electron chi connectivity index (χ2n) is 12.9. The van der Waals surface area contributed by atoms with Crippen LogP contribution in [0.2, 0.25) is 0 Å². The largest absolute Gasteiger partial charge is 0.418 e. The summed E-state index contributed by atoms with van der Waals surface area (Å²) in [5.74, 6) is 0.697. The number of alkyl halides is 7. The second kappa shape index (κ2) is 13.3. The molecule has 6 aromatic rings. The molecule has 2 fully saturated rings. The van der Waals surface area contributed by atoms with E-state index in [-0.39, 0.29) is 17.7 Å². The molecule has 4 aromatic carbocycles. The average molecular weight is 723 g/mol. The van der Waals surface area contributed by atoms with Crippen molar-refractivity contribution in [2.45, 2.75) is 62.1 Å². The average Bonchev–Trinajstić information content (AvgIpc) is 3.88. The van der Waals surface area contributed by atoms with E-state index in [4.69, 9.17) is 8.83 Å². The maximum Gasteiger partial charge on any atom is 0.416 e. The summed E-state index contributed by atoms with van der Waals surface area (Å²) >= 11 is 0. The number of hydrogen-bond donors (Lipinski definition) is 1. The van der Waals surface area contributed by atoms with E-state index in [2.05, 4.69) is 20.4 Å². The number of aromatic nitrogens is 4. The maximum absolute atomic E-state index is 14.1. The molecule has 2 saturated carbocycles. The van der Waals surface area contributed by atoms with Crippen molar-refractivity contribution in [1.29, 1.82) is 0 Å². The van der Waals surface area contributed by atoms with E-state index in [1.807, 2.05) is 36.4 Å². The molecule has 0 radical (unpaired) electrons. The van der Waals surface area contributed by atoms with E-state index < -0.39 is 34.7 Å². The second-order valence-corrected chi connectivity index (χ2v) is 12.9. The molecular weight excluding hydrogens is 693 g/mol. The molecule has 0 amide bonds. The Morgan fingerprint density at radius 3 is 1.35 bits per heavy atom. The molecule has 0 saturated heterocycles. The van der Waals surface area contributed by atoms with Crippen LogP contribution in [0, 0.1) is 0 Å². The standard InChI is InChI=1S/C19H14F4N2O.C19H15F3N2O2/c20-18(9-10-18)17-25-24-16(26-17)15-4-2-1-3-13(15)11-12-5-7-14(8-6-12)19(21,22)23;20-19(21,22)14-7-5-12(6-8-14)11-13-3-1-2-4-15(13)16-23-24-17(26-16)18(25)9-10-18/h1-8H,9-11H2;1-8,25H,9-11H2. The quantitative estimate of drug-likeness (QED) is 0.156. The predicted molar refractivity (Wildman–Crippen MR) is 173 cm³/mol. The highest BCUT2D eigenvalue weighted by molar-refractivity contribution is 5.60. The first-order chi connectivity index (χ1) is 24.7. The van der Waals surface area contributed by atoms with Crippen LogP contribution in [0.3, 0.4) is 0 Å². The lowest BCUT2D eigenvalue weighted by molar-refractivity contribution is -0.138. The molecule has 0 aliphatic heterocycles. The van der Waals surface area contributed by atoms with Gasteiger partial charge < -0.3 is 13.9 Å². The van der Waals surface area contributed by atoms with Crippen molar-refractivity contribution in [2.24, 2.45) is 0 Å². The van der Waals surface area contributed by atoms with Gasteiger partial charge in [0.15, 0.2) is 5.67 Å². The molecule has 0 atom stereocenters. The van der Waals surface area contributed by atoms with E-state index >= 15 is 0 Å². The zero-order chi connectivity index (χ0) is 36.7. The smallest absolute Gasteiger partial charge is 0.416 e. The topological polar surface area (TPSA) is 98.1 Å². The summed E-state index contributed by atoms with van der Waals surface area (Å²) in [6, 6.07) is 24.6. The molecule has 0 unspecified atom stereocenters. The first-order valence-corrected chi connectivity index (χ1v) is 16.3. The summed E-state index contributed by atoms with van der Waals surface area (Å²) in [7, 11) is 0. The number of halogens is 7. The van der Waals surface area contributed by atoms with Crippen molar-refractivity contribution in [2.75, 3.05) is 0 Å². The molecule has 2 heterocycles. The summed E-state index contributed by atoms with van der Waals surface area (Å²) < 4.78 is 101. The van der Waals surface area contributed by atoms with Crippen LogP contribution < -0.4 is 0 Å². The van der Waals surface area contributed by atoms with Gasteiger partial charge in [-0.25, -0.2) is 4.39 Å². The van der Waals surface area contributed by atoms with Gasteiger partial charge in [-0.2, -0.15) is 26.3 Å². The van der Waals surface area contributed by atoms with Gasteiger partial charge >= 0.3 is 12.4 Å². The molecule has 8 rings (SSSR count). The van der Waals surface area contributed by atoms with Gasteiger partial charge in [0.1, 0.15) is 5.60 Å². The fourth-order valence-corrected chi connectivity index (χ4v) is 5.52. The normalized spacial score (nSPS) is 15.8. The highest BCUT2D eigenvalue weighted by atomic mass is 19.4. The summed E-state index contributed by atoms with van der Waals surface area (Å²) in [6.45, 7) is 0. The van der Waals surface area contributed by atoms with E-state index in [9.17, 15) is 35.8 Å². The fraction of sp³-hybridized carbons (Fsp3) is 0.263. The number of nitrogens with zero attached hydrogens (tertiary/aromatic N) is 4. The molecule has 7 nitrogen and oxygen atoms in total. The Labute approximate surface area is 292 Å². The maximum atomic E-state index is 14.1. The summed E-state index contributed by atoms with van der Waals surface area (Å²) in [5, 5.41) is 25.7. The zero-order valence-corrected chi connectivity index (χ0v) is 27.2. The van der Waals surface area contributed by atoms with Crippen LogP contribution >= 0.6 is 0 Å². The number of rotatable bonds is 8. The fourth-order valence-electron chi connectivity index (χ4n) is 5.52.